The minimum Gasteiger partial charge on any atom is -0.491 e. The first-order chi connectivity index (χ1) is 11.0. The van der Waals surface area contributed by atoms with E-state index in [1.807, 2.05) is 32.0 Å². The predicted molar refractivity (Wildman–Crippen MR) is 86.2 cm³/mol. The summed E-state index contributed by atoms with van der Waals surface area (Å²) in [5.41, 5.74) is 2.47. The van der Waals surface area contributed by atoms with E-state index < -0.39 is 6.10 Å². The zero-order valence-corrected chi connectivity index (χ0v) is 13.2. The van der Waals surface area contributed by atoms with Gasteiger partial charge in [0.05, 0.1) is 0 Å². The summed E-state index contributed by atoms with van der Waals surface area (Å²) >= 11 is 0. The van der Waals surface area contributed by atoms with E-state index in [0.29, 0.717) is 11.3 Å². The van der Waals surface area contributed by atoms with Gasteiger partial charge < -0.3 is 15.2 Å². The lowest BCUT2D eigenvalue weighted by Crippen LogP contribution is -2.35. The van der Waals surface area contributed by atoms with Crippen LogP contribution < -0.4 is 10.1 Å². The molecule has 0 fully saturated rings. The smallest absolute Gasteiger partial charge is 0.251 e. The van der Waals surface area contributed by atoms with Crippen molar-refractivity contribution >= 4 is 5.91 Å². The van der Waals surface area contributed by atoms with Gasteiger partial charge in [-0.2, -0.15) is 0 Å². The molecule has 1 unspecified atom stereocenters. The number of ether oxygens (including phenoxy) is 1. The monoisotopic (exact) mass is 317 g/mol. The molecule has 4 nitrogen and oxygen atoms in total. The van der Waals surface area contributed by atoms with Crippen molar-refractivity contribution in [1.29, 1.82) is 0 Å². The molecule has 0 saturated carbocycles. The average molecular weight is 317 g/mol. The van der Waals surface area contributed by atoms with Crippen LogP contribution in [-0.2, 0) is 0 Å². The van der Waals surface area contributed by atoms with Crippen LogP contribution in [0, 0.1) is 19.7 Å². The zero-order chi connectivity index (χ0) is 16.8. The number of nitrogens with one attached hydrogen (secondary N) is 1. The van der Waals surface area contributed by atoms with Crippen molar-refractivity contribution < 1.29 is 19.0 Å². The van der Waals surface area contributed by atoms with Crippen LogP contribution in [0.4, 0.5) is 4.39 Å². The third-order valence-corrected chi connectivity index (χ3v) is 3.39. The molecule has 0 aliphatic heterocycles. The second-order valence-corrected chi connectivity index (χ2v) is 5.45. The number of benzene rings is 2. The minimum atomic E-state index is -0.853. The van der Waals surface area contributed by atoms with Gasteiger partial charge in [0.25, 0.3) is 5.91 Å². The Labute approximate surface area is 134 Å². The van der Waals surface area contributed by atoms with Gasteiger partial charge in [-0.15, -0.1) is 0 Å². The third kappa shape index (κ3) is 5.07. The van der Waals surface area contributed by atoms with Crippen molar-refractivity contribution in [2.24, 2.45) is 0 Å². The molecule has 1 atom stereocenters. The molecular weight excluding hydrogens is 297 g/mol. The molecule has 5 heteroatoms. The molecule has 0 aliphatic carbocycles. The Morgan fingerprint density at radius 1 is 1.22 bits per heavy atom. The Hall–Kier alpha value is -2.40. The number of halogens is 1. The lowest BCUT2D eigenvalue weighted by Gasteiger charge is -2.14. The number of aliphatic hydroxyl groups is 1. The molecule has 0 bridgehead atoms. The molecule has 0 aliphatic rings. The Kier molecular flexibility index (Phi) is 5.71. The summed E-state index contributed by atoms with van der Waals surface area (Å²) in [7, 11) is 0. The standard InChI is InChI=1S/C18H20FNO3/c1-12-3-4-13(2)17(9-12)18(22)20-10-15(21)11-23-16-7-5-14(19)6-8-16/h3-9,15,21H,10-11H2,1-2H3,(H,20,22). The number of carbonyl (C=O) groups is 1. The number of carbonyl (C=O) groups excluding carboxylic acids is 1. The fourth-order valence-electron chi connectivity index (χ4n) is 2.07. The van der Waals surface area contributed by atoms with E-state index in [9.17, 15) is 14.3 Å². The lowest BCUT2D eigenvalue weighted by molar-refractivity contribution is 0.0843. The van der Waals surface area contributed by atoms with Crippen molar-refractivity contribution in [1.82, 2.24) is 5.32 Å². The molecule has 2 N–H and O–H groups in total. The highest BCUT2D eigenvalue weighted by Gasteiger charge is 2.12. The maximum Gasteiger partial charge on any atom is 0.251 e. The SMILES string of the molecule is Cc1ccc(C)c(C(=O)NCC(O)COc2ccc(F)cc2)c1. The summed E-state index contributed by atoms with van der Waals surface area (Å²) in [6.07, 6.45) is -0.853. The van der Waals surface area contributed by atoms with Crippen LogP contribution in [0.3, 0.4) is 0 Å². The average Bonchev–Trinajstić information content (AvgIpc) is 2.54. The van der Waals surface area contributed by atoms with Crippen molar-refractivity contribution in [3.63, 3.8) is 0 Å². The van der Waals surface area contributed by atoms with Gasteiger partial charge in [-0.25, -0.2) is 4.39 Å². The number of hydrogen-bond donors (Lipinski definition) is 2. The van der Waals surface area contributed by atoms with E-state index in [0.717, 1.165) is 11.1 Å². The topological polar surface area (TPSA) is 58.6 Å². The maximum atomic E-state index is 12.8. The fraction of sp³-hybridized carbons (Fsp3) is 0.278. The molecule has 122 valence electrons. The summed E-state index contributed by atoms with van der Waals surface area (Å²) in [6, 6.07) is 11.2. The first kappa shape index (κ1) is 17.0. The number of hydrogen-bond acceptors (Lipinski definition) is 3. The van der Waals surface area contributed by atoms with E-state index >= 15 is 0 Å². The highest BCUT2D eigenvalue weighted by molar-refractivity contribution is 5.95. The van der Waals surface area contributed by atoms with Crippen LogP contribution in [-0.4, -0.2) is 30.3 Å². The normalized spacial score (nSPS) is 11.8. The minimum absolute atomic E-state index is 0.0126. The first-order valence-electron chi connectivity index (χ1n) is 7.37. The maximum absolute atomic E-state index is 12.8. The molecule has 0 heterocycles. The summed E-state index contributed by atoms with van der Waals surface area (Å²) in [5.74, 6) is -0.114. The third-order valence-electron chi connectivity index (χ3n) is 3.39. The molecule has 2 rings (SSSR count). The number of aliphatic hydroxyl groups excluding tert-OH is 1. The molecule has 2 aromatic carbocycles. The van der Waals surface area contributed by atoms with Crippen LogP contribution in [0.2, 0.25) is 0 Å². The van der Waals surface area contributed by atoms with Crippen LogP contribution in [0.5, 0.6) is 5.75 Å². The highest BCUT2D eigenvalue weighted by Crippen LogP contribution is 2.12. The second-order valence-electron chi connectivity index (χ2n) is 5.45. The van der Waals surface area contributed by atoms with Gasteiger partial charge in [0.15, 0.2) is 0 Å². The largest absolute Gasteiger partial charge is 0.491 e. The molecule has 0 radical (unpaired) electrons. The Morgan fingerprint density at radius 3 is 2.61 bits per heavy atom. The van der Waals surface area contributed by atoms with Crippen molar-refractivity contribution in [2.45, 2.75) is 20.0 Å². The Bertz CT molecular complexity index is 670. The Morgan fingerprint density at radius 2 is 1.91 bits per heavy atom. The van der Waals surface area contributed by atoms with E-state index in [-0.39, 0.29) is 24.9 Å². The highest BCUT2D eigenvalue weighted by atomic mass is 19.1. The van der Waals surface area contributed by atoms with Crippen LogP contribution in [0.1, 0.15) is 21.5 Å². The van der Waals surface area contributed by atoms with Gasteiger partial charge in [-0.1, -0.05) is 17.7 Å². The van der Waals surface area contributed by atoms with E-state index in [4.69, 9.17) is 4.74 Å². The van der Waals surface area contributed by atoms with Gasteiger partial charge in [0.1, 0.15) is 24.3 Å². The molecule has 0 saturated heterocycles. The first-order valence-corrected chi connectivity index (χ1v) is 7.37. The summed E-state index contributed by atoms with van der Waals surface area (Å²) < 4.78 is 18.1. The van der Waals surface area contributed by atoms with Crippen molar-refractivity contribution in [3.05, 3.63) is 65.0 Å². The van der Waals surface area contributed by atoms with E-state index in [2.05, 4.69) is 5.32 Å². The van der Waals surface area contributed by atoms with Gasteiger partial charge in [-0.05, 0) is 49.7 Å². The van der Waals surface area contributed by atoms with Gasteiger partial charge in [0.2, 0.25) is 0 Å². The van der Waals surface area contributed by atoms with E-state index in [1.165, 1.54) is 24.3 Å². The molecule has 0 aromatic heterocycles. The van der Waals surface area contributed by atoms with Crippen molar-refractivity contribution in [3.8, 4) is 5.75 Å². The van der Waals surface area contributed by atoms with Crippen LogP contribution in [0.15, 0.2) is 42.5 Å². The molecule has 23 heavy (non-hydrogen) atoms. The van der Waals surface area contributed by atoms with Gasteiger partial charge in [-0.3, -0.25) is 4.79 Å². The molecule has 0 spiro atoms. The second kappa shape index (κ2) is 7.74. The number of rotatable bonds is 6. The summed E-state index contributed by atoms with van der Waals surface area (Å²) in [6.45, 7) is 3.87. The van der Waals surface area contributed by atoms with Gasteiger partial charge in [0, 0.05) is 12.1 Å². The van der Waals surface area contributed by atoms with Crippen LogP contribution in [0.25, 0.3) is 0 Å². The summed E-state index contributed by atoms with van der Waals surface area (Å²) in [4.78, 5) is 12.1. The number of aryl methyl sites for hydroxylation is 2. The zero-order valence-electron chi connectivity index (χ0n) is 13.2. The van der Waals surface area contributed by atoms with E-state index in [1.54, 1.807) is 0 Å². The predicted octanol–water partition coefficient (Wildman–Crippen LogP) is 2.61. The van der Waals surface area contributed by atoms with Gasteiger partial charge >= 0.3 is 0 Å². The summed E-state index contributed by atoms with van der Waals surface area (Å²) in [5, 5.41) is 12.6. The molecule has 2 aromatic rings. The number of amides is 1. The van der Waals surface area contributed by atoms with Crippen LogP contribution >= 0.6 is 0 Å². The Balaban J connectivity index is 1.81. The van der Waals surface area contributed by atoms with Crippen molar-refractivity contribution in [2.75, 3.05) is 13.2 Å². The molecule has 1 amide bonds. The fourth-order valence-corrected chi connectivity index (χ4v) is 2.07. The molecular formula is C18H20FNO3. The quantitative estimate of drug-likeness (QED) is 0.861. The lowest BCUT2D eigenvalue weighted by atomic mass is 10.1.